The monoisotopic (exact) mass is 749 g/mol. The summed E-state index contributed by atoms with van der Waals surface area (Å²) in [6, 6.07) is 49.5. The zero-order valence-electron chi connectivity index (χ0n) is 35.4. The minimum atomic E-state index is -1.79. The summed E-state index contributed by atoms with van der Waals surface area (Å²) in [5, 5.41) is 3.10. The van der Waals surface area contributed by atoms with Crippen LogP contribution in [-0.4, -0.2) is 8.07 Å². The molecule has 0 bridgehead atoms. The van der Waals surface area contributed by atoms with E-state index in [1.807, 2.05) is 0 Å². The highest BCUT2D eigenvalue weighted by Crippen LogP contribution is 2.50. The van der Waals surface area contributed by atoms with Crippen molar-refractivity contribution in [3.05, 3.63) is 150 Å². The highest BCUT2D eigenvalue weighted by molar-refractivity contribution is 7.03. The fourth-order valence-corrected chi connectivity index (χ4v) is 13.5. The average molecular weight is 750 g/mol. The highest BCUT2D eigenvalue weighted by atomic mass is 28.3. The van der Waals surface area contributed by atoms with Gasteiger partial charge >= 0.3 is 0 Å². The molecule has 0 radical (unpaired) electrons. The van der Waals surface area contributed by atoms with Crippen molar-refractivity contribution in [1.29, 1.82) is 0 Å². The van der Waals surface area contributed by atoms with Crippen LogP contribution in [0.2, 0.25) is 13.1 Å². The number of benzene rings is 6. The van der Waals surface area contributed by atoms with Crippen LogP contribution in [-0.2, 0) is 21.7 Å². The molecule has 3 aliphatic rings. The number of hydrogen-bond acceptors (Lipinski definition) is 1. The van der Waals surface area contributed by atoms with Crippen LogP contribution in [0.25, 0.3) is 33.4 Å². The van der Waals surface area contributed by atoms with Crippen molar-refractivity contribution in [3.63, 3.8) is 0 Å². The van der Waals surface area contributed by atoms with E-state index in [9.17, 15) is 0 Å². The summed E-state index contributed by atoms with van der Waals surface area (Å²) in [4.78, 5) is 2.49. The predicted octanol–water partition coefficient (Wildman–Crippen LogP) is 14.0. The Hall–Kier alpha value is -4.66. The second-order valence-corrected chi connectivity index (χ2v) is 24.7. The molecular formula is C54H59NSi. The van der Waals surface area contributed by atoms with E-state index in [1.165, 1.54) is 98.4 Å². The lowest BCUT2D eigenvalue weighted by molar-refractivity contribution is 0.332. The van der Waals surface area contributed by atoms with Crippen molar-refractivity contribution in [2.45, 2.75) is 116 Å². The Morgan fingerprint density at radius 3 is 1.54 bits per heavy atom. The van der Waals surface area contributed by atoms with Crippen molar-refractivity contribution in [3.8, 4) is 33.4 Å². The van der Waals surface area contributed by atoms with E-state index in [0.717, 1.165) is 0 Å². The minimum absolute atomic E-state index is 0.117. The van der Waals surface area contributed by atoms with E-state index in [0.29, 0.717) is 0 Å². The summed E-state index contributed by atoms with van der Waals surface area (Å²) in [7, 11) is -1.79. The van der Waals surface area contributed by atoms with Gasteiger partial charge in [0.15, 0.2) is 0 Å². The molecule has 0 spiro atoms. The van der Waals surface area contributed by atoms with Crippen LogP contribution < -0.4 is 15.3 Å². The van der Waals surface area contributed by atoms with E-state index in [-0.39, 0.29) is 21.7 Å². The molecule has 0 saturated heterocycles. The van der Waals surface area contributed by atoms with Crippen LogP contribution in [0.1, 0.15) is 103 Å². The van der Waals surface area contributed by atoms with Crippen molar-refractivity contribution in [1.82, 2.24) is 0 Å². The van der Waals surface area contributed by atoms with Crippen molar-refractivity contribution >= 4 is 35.5 Å². The fraction of sp³-hybridized carbons (Fsp3) is 0.333. The van der Waals surface area contributed by atoms with Crippen molar-refractivity contribution in [2.24, 2.45) is 0 Å². The number of fused-ring (bicyclic) bond motifs is 5. The third-order valence-corrected chi connectivity index (χ3v) is 18.0. The molecular weight excluding hydrogens is 691 g/mol. The Kier molecular flexibility index (Phi) is 8.36. The Bertz CT molecular complexity index is 2510. The summed E-state index contributed by atoms with van der Waals surface area (Å²) in [5.74, 6) is 0. The molecule has 0 unspecified atom stereocenters. The van der Waals surface area contributed by atoms with E-state index in [1.54, 1.807) is 10.4 Å². The summed E-state index contributed by atoms with van der Waals surface area (Å²) >= 11 is 0. The Balaban J connectivity index is 1.15. The molecule has 0 amide bonds. The molecule has 9 rings (SSSR count). The predicted molar refractivity (Wildman–Crippen MR) is 245 cm³/mol. The van der Waals surface area contributed by atoms with Gasteiger partial charge in [-0.25, -0.2) is 0 Å². The minimum Gasteiger partial charge on any atom is -0.310 e. The standard InChI is InChI=1S/C54H59NSi/c1-51(2)28-30-53(5,6)47-33-38(21-26-45(47)51)36-18-22-40(23-19-36)55(42-24-27-46-48(35-42)54(7,8)31-29-52(46,3)4)41-15-13-14-37(32-41)39-20-25-44-43-16-11-12-17-49(43)56(9,10)50(44)34-39/h11-27,32-35H,28-31H2,1-10H3. The molecule has 0 atom stereocenters. The Labute approximate surface area is 337 Å². The van der Waals surface area contributed by atoms with E-state index in [4.69, 9.17) is 0 Å². The first-order chi connectivity index (χ1) is 26.5. The Morgan fingerprint density at radius 1 is 0.375 bits per heavy atom. The summed E-state index contributed by atoms with van der Waals surface area (Å²) in [5.41, 5.74) is 18.2. The molecule has 0 saturated carbocycles. The quantitative estimate of drug-likeness (QED) is 0.159. The molecule has 284 valence electrons. The second-order valence-electron chi connectivity index (χ2n) is 20.4. The van der Waals surface area contributed by atoms with Crippen LogP contribution >= 0.6 is 0 Å². The molecule has 1 nitrogen and oxygen atoms in total. The zero-order chi connectivity index (χ0) is 39.4. The smallest absolute Gasteiger partial charge is 0.113 e. The van der Waals surface area contributed by atoms with E-state index in [2.05, 4.69) is 201 Å². The first-order valence-corrected chi connectivity index (χ1v) is 24.0. The molecule has 0 N–H and O–H groups in total. The first-order valence-electron chi connectivity index (χ1n) is 21.0. The van der Waals surface area contributed by atoms with Gasteiger partial charge in [0.2, 0.25) is 0 Å². The van der Waals surface area contributed by atoms with Gasteiger partial charge in [-0.3, -0.25) is 0 Å². The van der Waals surface area contributed by atoms with Crippen LogP contribution in [0.3, 0.4) is 0 Å². The third-order valence-electron chi connectivity index (χ3n) is 14.4. The highest BCUT2D eigenvalue weighted by Gasteiger charge is 2.39. The molecule has 1 heterocycles. The topological polar surface area (TPSA) is 3.24 Å². The second kappa shape index (κ2) is 12.7. The average Bonchev–Trinajstić information content (AvgIpc) is 3.41. The lowest BCUT2D eigenvalue weighted by Gasteiger charge is -2.42. The Morgan fingerprint density at radius 2 is 0.857 bits per heavy atom. The van der Waals surface area contributed by atoms with Crippen molar-refractivity contribution < 1.29 is 0 Å². The van der Waals surface area contributed by atoms with Gasteiger partial charge < -0.3 is 4.90 Å². The van der Waals surface area contributed by atoms with E-state index >= 15 is 0 Å². The first kappa shape index (κ1) is 36.9. The van der Waals surface area contributed by atoms with Gasteiger partial charge in [-0.05, 0) is 150 Å². The zero-order valence-corrected chi connectivity index (χ0v) is 36.4. The van der Waals surface area contributed by atoms with Crippen molar-refractivity contribution in [2.75, 3.05) is 4.90 Å². The summed E-state index contributed by atoms with van der Waals surface area (Å²) in [6.07, 6.45) is 4.85. The van der Waals surface area contributed by atoms with Crippen LogP contribution in [0, 0.1) is 0 Å². The fourth-order valence-electron chi connectivity index (χ4n) is 10.4. The number of anilines is 3. The van der Waals surface area contributed by atoms with Gasteiger partial charge in [0.1, 0.15) is 8.07 Å². The maximum atomic E-state index is 2.51. The van der Waals surface area contributed by atoms with Crippen LogP contribution in [0.5, 0.6) is 0 Å². The van der Waals surface area contributed by atoms with Crippen LogP contribution in [0.15, 0.2) is 127 Å². The molecule has 6 aromatic rings. The molecule has 56 heavy (non-hydrogen) atoms. The number of rotatable bonds is 5. The van der Waals surface area contributed by atoms with Gasteiger partial charge in [-0.2, -0.15) is 0 Å². The van der Waals surface area contributed by atoms with Crippen LogP contribution in [0.4, 0.5) is 17.1 Å². The lowest BCUT2D eigenvalue weighted by atomic mass is 9.63. The van der Waals surface area contributed by atoms with Gasteiger partial charge in [-0.1, -0.05) is 159 Å². The molecule has 2 aliphatic carbocycles. The molecule has 0 aromatic heterocycles. The van der Waals surface area contributed by atoms with E-state index < -0.39 is 8.07 Å². The third kappa shape index (κ3) is 5.94. The largest absolute Gasteiger partial charge is 0.310 e. The summed E-state index contributed by atoms with van der Waals surface area (Å²) < 4.78 is 0. The van der Waals surface area contributed by atoms with Gasteiger partial charge in [0.25, 0.3) is 0 Å². The summed E-state index contributed by atoms with van der Waals surface area (Å²) in [6.45, 7) is 24.4. The molecule has 6 aromatic carbocycles. The normalized spacial score (nSPS) is 19.0. The lowest BCUT2D eigenvalue weighted by Crippen LogP contribution is -2.49. The van der Waals surface area contributed by atoms with Gasteiger partial charge in [-0.15, -0.1) is 0 Å². The molecule has 1 aliphatic heterocycles. The number of hydrogen-bond donors (Lipinski definition) is 0. The molecule has 0 fully saturated rings. The SMILES string of the molecule is CC1(C)CCC(C)(C)c2cc(-c3ccc(N(c4cccc(-c5ccc6c(c5)[Si](C)(C)c5ccccc5-6)c4)c4ccc5c(c4)C(C)(C)CCC5(C)C)cc3)ccc21. The maximum absolute atomic E-state index is 2.51. The molecule has 2 heteroatoms. The number of nitrogens with zero attached hydrogens (tertiary/aromatic N) is 1. The van der Waals surface area contributed by atoms with Gasteiger partial charge in [0, 0.05) is 17.1 Å². The van der Waals surface area contributed by atoms with Gasteiger partial charge in [0.05, 0.1) is 0 Å². The maximum Gasteiger partial charge on any atom is 0.113 e.